The molecule has 0 aliphatic carbocycles. The van der Waals surface area contributed by atoms with Gasteiger partial charge >= 0.3 is 5.97 Å². The van der Waals surface area contributed by atoms with Crippen molar-refractivity contribution in [3.8, 4) is 0 Å². The molecule has 0 saturated carbocycles. The van der Waals surface area contributed by atoms with Crippen LogP contribution in [0.25, 0.3) is 5.65 Å². The molecule has 2 aromatic heterocycles. The van der Waals surface area contributed by atoms with Crippen LogP contribution in [0.5, 0.6) is 0 Å². The molecule has 1 unspecified atom stereocenters. The highest BCUT2D eigenvalue weighted by atomic mass is 16.6. The molecule has 1 atom stereocenters. The number of nitrogens with zero attached hydrogens (tertiary/aromatic N) is 3. The van der Waals surface area contributed by atoms with E-state index in [0.717, 1.165) is 37.3 Å². The van der Waals surface area contributed by atoms with Crippen LogP contribution < -0.4 is 15.8 Å². The second kappa shape index (κ2) is 9.36. The van der Waals surface area contributed by atoms with Crippen molar-refractivity contribution in [1.82, 2.24) is 9.38 Å². The summed E-state index contributed by atoms with van der Waals surface area (Å²) in [7, 11) is 0. The molecule has 7 nitrogen and oxygen atoms in total. The van der Waals surface area contributed by atoms with E-state index in [1.807, 2.05) is 58.0 Å². The van der Waals surface area contributed by atoms with E-state index in [-0.39, 0.29) is 17.6 Å². The van der Waals surface area contributed by atoms with E-state index >= 15 is 0 Å². The lowest BCUT2D eigenvalue weighted by molar-refractivity contribution is 0.00706. The summed E-state index contributed by atoms with van der Waals surface area (Å²) >= 11 is 0. The summed E-state index contributed by atoms with van der Waals surface area (Å²) < 4.78 is 7.18. The van der Waals surface area contributed by atoms with Crippen LogP contribution in [0.2, 0.25) is 0 Å². The minimum Gasteiger partial charge on any atom is -0.456 e. The molecule has 1 aromatic carbocycles. The van der Waals surface area contributed by atoms with Gasteiger partial charge in [0.1, 0.15) is 17.1 Å². The van der Waals surface area contributed by atoms with Gasteiger partial charge in [-0.15, -0.1) is 0 Å². The second-order valence-electron chi connectivity index (χ2n) is 11.2. The first-order valence-corrected chi connectivity index (χ1v) is 12.3. The molecule has 7 heteroatoms. The van der Waals surface area contributed by atoms with E-state index in [9.17, 15) is 9.59 Å². The van der Waals surface area contributed by atoms with E-state index in [1.54, 1.807) is 22.7 Å². The number of esters is 1. The van der Waals surface area contributed by atoms with Crippen molar-refractivity contribution in [1.29, 1.82) is 0 Å². The van der Waals surface area contributed by atoms with Gasteiger partial charge in [-0.3, -0.25) is 9.20 Å². The van der Waals surface area contributed by atoms with Gasteiger partial charge in [0, 0.05) is 36.6 Å². The van der Waals surface area contributed by atoms with Gasteiger partial charge in [-0.25, -0.2) is 9.78 Å². The fourth-order valence-electron chi connectivity index (χ4n) is 4.41. The van der Waals surface area contributed by atoms with Crippen molar-refractivity contribution in [3.63, 3.8) is 0 Å². The SMILES string of the molecule is CC(Nc1ccccc1C(=O)OC(C)(C)C)c1cccn2c(=O)cc(N3CCC(C)(C)CC3)nc12. The minimum atomic E-state index is -0.587. The number of hydrogen-bond acceptors (Lipinski definition) is 6. The van der Waals surface area contributed by atoms with Gasteiger partial charge in [-0.05, 0) is 64.2 Å². The largest absolute Gasteiger partial charge is 0.456 e. The molecule has 1 aliphatic rings. The van der Waals surface area contributed by atoms with Gasteiger partial charge < -0.3 is 15.0 Å². The Labute approximate surface area is 207 Å². The van der Waals surface area contributed by atoms with E-state index < -0.39 is 5.60 Å². The first-order chi connectivity index (χ1) is 16.4. The summed E-state index contributed by atoms with van der Waals surface area (Å²) in [4.78, 5) is 32.9. The fourth-order valence-corrected chi connectivity index (χ4v) is 4.41. The molecule has 4 rings (SSSR count). The predicted molar refractivity (Wildman–Crippen MR) is 140 cm³/mol. The standard InChI is InChI=1S/C28H36N4O3/c1-19(29-22-12-8-7-10-21(22)26(34)35-27(2,3)4)20-11-9-15-32-24(33)18-23(30-25(20)32)31-16-13-28(5,6)14-17-31/h7-12,15,18-19,29H,13-14,16-17H2,1-6H3. The maximum Gasteiger partial charge on any atom is 0.340 e. The first kappa shape index (κ1) is 24.8. The number of carbonyl (C=O) groups is 1. The van der Waals surface area contributed by atoms with Gasteiger partial charge in [0.2, 0.25) is 0 Å². The maximum absolute atomic E-state index is 13.0. The lowest BCUT2D eigenvalue weighted by atomic mass is 9.83. The van der Waals surface area contributed by atoms with Gasteiger partial charge in [0.05, 0.1) is 11.6 Å². The number of benzene rings is 1. The zero-order valence-corrected chi connectivity index (χ0v) is 21.6. The monoisotopic (exact) mass is 476 g/mol. The molecule has 0 radical (unpaired) electrons. The van der Waals surface area contributed by atoms with Crippen LogP contribution in [0, 0.1) is 5.41 Å². The number of aromatic nitrogens is 2. The van der Waals surface area contributed by atoms with Crippen molar-refractivity contribution in [2.45, 2.75) is 66.0 Å². The Balaban J connectivity index is 1.66. The number of carbonyl (C=O) groups excluding carboxylic acids is 1. The Morgan fingerprint density at radius 1 is 1.11 bits per heavy atom. The van der Waals surface area contributed by atoms with E-state index in [2.05, 4.69) is 24.1 Å². The van der Waals surface area contributed by atoms with E-state index in [0.29, 0.717) is 22.3 Å². The molecule has 0 amide bonds. The maximum atomic E-state index is 13.0. The highest BCUT2D eigenvalue weighted by Gasteiger charge is 2.27. The molecule has 1 fully saturated rings. The Kier molecular flexibility index (Phi) is 6.62. The molecular weight excluding hydrogens is 440 g/mol. The molecule has 0 spiro atoms. The summed E-state index contributed by atoms with van der Waals surface area (Å²) in [6.45, 7) is 13.9. The number of hydrogen-bond donors (Lipinski definition) is 1. The fraction of sp³-hybridized carbons (Fsp3) is 0.464. The van der Waals surface area contributed by atoms with E-state index in [1.165, 1.54) is 0 Å². The average molecular weight is 477 g/mol. The number of ether oxygens (including phenoxy) is 1. The highest BCUT2D eigenvalue weighted by Crippen LogP contribution is 2.32. The van der Waals surface area contributed by atoms with Crippen molar-refractivity contribution in [2.24, 2.45) is 5.41 Å². The predicted octanol–water partition coefficient (Wildman–Crippen LogP) is 5.45. The molecule has 3 aromatic rings. The van der Waals surface area contributed by atoms with Crippen LogP contribution in [0.15, 0.2) is 53.5 Å². The van der Waals surface area contributed by atoms with Crippen LogP contribution >= 0.6 is 0 Å². The third-order valence-corrected chi connectivity index (χ3v) is 6.53. The summed E-state index contributed by atoms with van der Waals surface area (Å²) in [6, 6.07) is 12.6. The van der Waals surface area contributed by atoms with Crippen LogP contribution in [-0.4, -0.2) is 34.0 Å². The molecular formula is C28H36N4O3. The Morgan fingerprint density at radius 3 is 2.49 bits per heavy atom. The molecule has 186 valence electrons. The number of piperidine rings is 1. The summed E-state index contributed by atoms with van der Waals surface area (Å²) in [5.41, 5.74) is 2.27. The lowest BCUT2D eigenvalue weighted by Gasteiger charge is -2.37. The molecule has 0 bridgehead atoms. The van der Waals surface area contributed by atoms with Crippen LogP contribution in [0.3, 0.4) is 0 Å². The zero-order valence-electron chi connectivity index (χ0n) is 21.6. The van der Waals surface area contributed by atoms with E-state index in [4.69, 9.17) is 9.72 Å². The highest BCUT2D eigenvalue weighted by molar-refractivity contribution is 5.96. The van der Waals surface area contributed by atoms with Gasteiger partial charge in [-0.2, -0.15) is 0 Å². The number of para-hydroxylation sites is 1. The summed E-state index contributed by atoms with van der Waals surface area (Å²) in [5, 5.41) is 3.45. The summed E-state index contributed by atoms with van der Waals surface area (Å²) in [5.74, 6) is 0.342. The lowest BCUT2D eigenvalue weighted by Crippen LogP contribution is -2.38. The van der Waals surface area contributed by atoms with Crippen LogP contribution in [-0.2, 0) is 4.74 Å². The van der Waals surface area contributed by atoms with Crippen molar-refractivity contribution in [2.75, 3.05) is 23.3 Å². The Hall–Kier alpha value is -3.35. The van der Waals surface area contributed by atoms with Crippen molar-refractivity contribution in [3.05, 3.63) is 70.1 Å². The Bertz CT molecular complexity index is 1280. The van der Waals surface area contributed by atoms with Gasteiger partial charge in [0.25, 0.3) is 5.56 Å². The average Bonchev–Trinajstić information content (AvgIpc) is 2.78. The zero-order chi connectivity index (χ0) is 25.4. The molecule has 35 heavy (non-hydrogen) atoms. The molecule has 1 aliphatic heterocycles. The summed E-state index contributed by atoms with van der Waals surface area (Å²) in [6.07, 6.45) is 3.88. The topological polar surface area (TPSA) is 75.9 Å². The molecule has 3 heterocycles. The number of fused-ring (bicyclic) bond motifs is 1. The molecule has 1 N–H and O–H groups in total. The quantitative estimate of drug-likeness (QED) is 0.494. The third kappa shape index (κ3) is 5.66. The molecule has 1 saturated heterocycles. The third-order valence-electron chi connectivity index (χ3n) is 6.53. The minimum absolute atomic E-state index is 0.0990. The van der Waals surface area contributed by atoms with Crippen molar-refractivity contribution < 1.29 is 9.53 Å². The van der Waals surface area contributed by atoms with Crippen LogP contribution in [0.4, 0.5) is 11.5 Å². The van der Waals surface area contributed by atoms with Crippen LogP contribution in [0.1, 0.15) is 76.3 Å². The smallest absolute Gasteiger partial charge is 0.340 e. The number of nitrogens with one attached hydrogen (secondary N) is 1. The number of rotatable bonds is 5. The first-order valence-electron chi connectivity index (χ1n) is 12.3. The van der Waals surface area contributed by atoms with Gasteiger partial charge in [-0.1, -0.05) is 32.0 Å². The van der Waals surface area contributed by atoms with Gasteiger partial charge in [0.15, 0.2) is 0 Å². The second-order valence-corrected chi connectivity index (χ2v) is 11.2. The Morgan fingerprint density at radius 2 is 1.80 bits per heavy atom. The number of anilines is 2. The van der Waals surface area contributed by atoms with Crippen molar-refractivity contribution >= 4 is 23.1 Å². The normalized spacial score (nSPS) is 16.7. The number of pyridine rings is 1.